The topological polar surface area (TPSA) is 93.4 Å². The van der Waals surface area contributed by atoms with Gasteiger partial charge in [-0.3, -0.25) is 10.7 Å². The third-order valence-corrected chi connectivity index (χ3v) is 1.56. The molecule has 1 rings (SSSR count). The molecule has 0 heterocycles. The van der Waals surface area contributed by atoms with Crippen LogP contribution in [0.15, 0.2) is 24.3 Å². The van der Waals surface area contributed by atoms with E-state index in [1.54, 1.807) is 12.1 Å². The van der Waals surface area contributed by atoms with Crippen molar-refractivity contribution in [3.8, 4) is 5.75 Å². The number of benzene rings is 1. The first-order valence-electron chi connectivity index (χ1n) is 3.93. The van der Waals surface area contributed by atoms with Crippen molar-refractivity contribution in [1.29, 1.82) is 0 Å². The molecule has 0 spiro atoms. The van der Waals surface area contributed by atoms with Crippen LogP contribution in [0.2, 0.25) is 0 Å². The molecule has 1 aromatic carbocycles. The first kappa shape index (κ1) is 17.8. The first-order chi connectivity index (χ1) is 6.97. The molecule has 1 aromatic rings. The summed E-state index contributed by atoms with van der Waals surface area (Å²) in [6.07, 6.45) is 0. The van der Waals surface area contributed by atoms with Gasteiger partial charge in [0, 0.05) is 44.2 Å². The van der Waals surface area contributed by atoms with Crippen molar-refractivity contribution in [1.82, 2.24) is 5.48 Å². The van der Waals surface area contributed by atoms with E-state index in [9.17, 15) is 0 Å². The Labute approximate surface area is 124 Å². The zero-order valence-corrected chi connectivity index (χ0v) is 12.3. The van der Waals surface area contributed by atoms with Gasteiger partial charge in [0.05, 0.1) is 0 Å². The molecule has 0 aliphatic heterocycles. The molecule has 7 heteroatoms. The van der Waals surface area contributed by atoms with E-state index in [0.717, 1.165) is 0 Å². The summed E-state index contributed by atoms with van der Waals surface area (Å²) in [5.74, 6) is -0.408. The maximum Gasteiger partial charge on any atom is 0.130 e. The van der Waals surface area contributed by atoms with Gasteiger partial charge in [-0.2, -0.15) is 0 Å². The number of rotatable bonds is 1. The summed E-state index contributed by atoms with van der Waals surface area (Å²) in [6, 6.07) is 6.22. The van der Waals surface area contributed by atoms with E-state index in [1.807, 2.05) is 5.48 Å². The number of phenolic OH excluding ortho intramolecular Hbond substituents is 1. The van der Waals surface area contributed by atoms with Gasteiger partial charge < -0.3 is 15.6 Å². The number of aromatic hydroxyl groups is 1. The minimum atomic E-state index is -0.583. The van der Waals surface area contributed by atoms with E-state index >= 15 is 0 Å². The average Bonchev–Trinajstić information content (AvgIpc) is 2.17. The molecule has 0 fully saturated rings. The quantitative estimate of drug-likeness (QED) is 0.541. The number of nitrogens with one attached hydrogen (secondary N) is 2. The maximum absolute atomic E-state index is 9.11. The summed E-state index contributed by atoms with van der Waals surface area (Å²) >= 11 is 4.72. The van der Waals surface area contributed by atoms with E-state index in [0.29, 0.717) is 5.56 Å². The Morgan fingerprint density at radius 1 is 1.38 bits per heavy atom. The van der Waals surface area contributed by atoms with Crippen molar-refractivity contribution >= 4 is 23.1 Å². The monoisotopic (exact) mass is 316 g/mol. The molecule has 85 valence electrons. The fourth-order valence-electron chi connectivity index (χ4n) is 0.677. The molecule has 0 aliphatic rings. The molecule has 0 unspecified atom stereocenters. The molecular weight excluding hydrogens is 305 g/mol. The van der Waals surface area contributed by atoms with Crippen LogP contribution >= 0.6 is 12.2 Å². The molecule has 1 amide bonds. The fourth-order valence-corrected chi connectivity index (χ4v) is 0.813. The SMILES string of the molecule is CC([NH-])=O.ONC(=S)c1ccc(O)cc1.[Y]. The summed E-state index contributed by atoms with van der Waals surface area (Å²) in [5.41, 5.74) is 8.46. The van der Waals surface area contributed by atoms with Crippen LogP contribution < -0.4 is 5.48 Å². The van der Waals surface area contributed by atoms with Crippen LogP contribution in [0.4, 0.5) is 0 Å². The van der Waals surface area contributed by atoms with Crippen molar-refractivity contribution < 1.29 is 47.8 Å². The molecule has 5 nitrogen and oxygen atoms in total. The molecule has 1 radical (unpaired) electrons. The number of hydrogen-bond acceptors (Lipinski definition) is 4. The van der Waals surface area contributed by atoms with E-state index in [-0.39, 0.29) is 43.4 Å². The zero-order valence-electron chi connectivity index (χ0n) is 8.60. The van der Waals surface area contributed by atoms with Crippen molar-refractivity contribution in [2.24, 2.45) is 0 Å². The summed E-state index contributed by atoms with van der Waals surface area (Å²) in [6.45, 7) is 1.19. The van der Waals surface area contributed by atoms with Crippen molar-refractivity contribution in [3.63, 3.8) is 0 Å². The molecular formula is C9H11N2O3SY-. The van der Waals surface area contributed by atoms with E-state index < -0.39 is 5.91 Å². The van der Waals surface area contributed by atoms with Crippen LogP contribution in [0.1, 0.15) is 12.5 Å². The van der Waals surface area contributed by atoms with Crippen LogP contribution in [-0.4, -0.2) is 21.2 Å². The molecule has 0 aliphatic carbocycles. The molecule has 0 atom stereocenters. The minimum Gasteiger partial charge on any atom is -0.668 e. The Morgan fingerprint density at radius 3 is 2.06 bits per heavy atom. The summed E-state index contributed by atoms with van der Waals surface area (Å²) < 4.78 is 0. The van der Waals surface area contributed by atoms with E-state index in [4.69, 9.17) is 33.1 Å². The Kier molecular flexibility index (Phi) is 10.8. The van der Waals surface area contributed by atoms with Gasteiger partial charge in [-0.05, 0) is 31.2 Å². The van der Waals surface area contributed by atoms with Gasteiger partial charge in [0.2, 0.25) is 0 Å². The van der Waals surface area contributed by atoms with Gasteiger partial charge in [0.25, 0.3) is 0 Å². The second-order valence-electron chi connectivity index (χ2n) is 2.54. The fraction of sp³-hybridized carbons (Fsp3) is 0.111. The number of thiocarbonyl (C=S) groups is 1. The molecule has 0 aromatic heterocycles. The van der Waals surface area contributed by atoms with E-state index in [1.165, 1.54) is 19.1 Å². The second-order valence-corrected chi connectivity index (χ2v) is 2.95. The van der Waals surface area contributed by atoms with Crippen LogP contribution in [0.3, 0.4) is 0 Å². The summed E-state index contributed by atoms with van der Waals surface area (Å²) in [5, 5.41) is 17.3. The maximum atomic E-state index is 9.11. The predicted molar refractivity (Wildman–Crippen MR) is 59.7 cm³/mol. The Hall–Kier alpha value is -0.556. The second kappa shape index (κ2) is 9.65. The standard InChI is InChI=1S/C7H7NO2S.C2H5NO.Y/c9-6-3-1-5(2-4-6)7(11)8-10;1-2(3)4;/h1-4,9-10H,(H,8,11);1H3,(H2,3,4);/p-1. The van der Waals surface area contributed by atoms with Crippen molar-refractivity contribution in [2.75, 3.05) is 0 Å². The number of hydroxylamine groups is 1. The smallest absolute Gasteiger partial charge is 0.130 e. The van der Waals surface area contributed by atoms with Gasteiger partial charge >= 0.3 is 0 Å². The van der Waals surface area contributed by atoms with Gasteiger partial charge in [-0.1, -0.05) is 12.2 Å². The third-order valence-electron chi connectivity index (χ3n) is 1.23. The normalized spacial score (nSPS) is 7.88. The number of hydrogen-bond donors (Lipinski definition) is 3. The van der Waals surface area contributed by atoms with Crippen LogP contribution in [0.25, 0.3) is 5.73 Å². The van der Waals surface area contributed by atoms with E-state index in [2.05, 4.69) is 0 Å². The number of phenols is 1. The number of amides is 1. The predicted octanol–water partition coefficient (Wildman–Crippen LogP) is 1.63. The molecule has 0 saturated carbocycles. The van der Waals surface area contributed by atoms with Gasteiger partial charge in [0.15, 0.2) is 0 Å². The summed E-state index contributed by atoms with van der Waals surface area (Å²) in [4.78, 5) is 9.35. The van der Waals surface area contributed by atoms with Crippen molar-refractivity contribution in [2.45, 2.75) is 6.92 Å². The zero-order chi connectivity index (χ0) is 11.8. The molecule has 4 N–H and O–H groups in total. The van der Waals surface area contributed by atoms with Gasteiger partial charge in [-0.15, -0.1) is 0 Å². The average molecular weight is 316 g/mol. The molecule has 16 heavy (non-hydrogen) atoms. The summed E-state index contributed by atoms with van der Waals surface area (Å²) in [7, 11) is 0. The van der Waals surface area contributed by atoms with Crippen LogP contribution in [0.5, 0.6) is 5.75 Å². The number of carbonyl (C=O) groups excluding carboxylic acids is 1. The number of carbonyl (C=O) groups is 1. The Balaban J connectivity index is 0. The largest absolute Gasteiger partial charge is 0.668 e. The minimum absolute atomic E-state index is 0. The van der Waals surface area contributed by atoms with Gasteiger partial charge in [-0.25, -0.2) is 0 Å². The Morgan fingerprint density at radius 2 is 1.75 bits per heavy atom. The molecule has 0 saturated heterocycles. The van der Waals surface area contributed by atoms with Crippen molar-refractivity contribution in [3.05, 3.63) is 35.6 Å². The van der Waals surface area contributed by atoms with Gasteiger partial charge in [0.1, 0.15) is 10.7 Å². The first-order valence-corrected chi connectivity index (χ1v) is 4.34. The third kappa shape index (κ3) is 8.73. The Bertz CT molecular complexity index is 339. The van der Waals surface area contributed by atoms with Crippen LogP contribution in [-0.2, 0) is 37.5 Å². The molecule has 0 bridgehead atoms. The van der Waals surface area contributed by atoms with Crippen LogP contribution in [0, 0.1) is 0 Å².